The van der Waals surface area contributed by atoms with Crippen molar-refractivity contribution in [3.05, 3.63) is 75.0 Å². The van der Waals surface area contributed by atoms with E-state index >= 15 is 0 Å². The minimum Gasteiger partial charge on any atom is -0.497 e. The molecular formula is C21H18N6O7. The van der Waals surface area contributed by atoms with E-state index in [-0.39, 0.29) is 28.5 Å². The molecule has 1 aliphatic rings. The predicted octanol–water partition coefficient (Wildman–Crippen LogP) is 1.92. The number of Topliss-reactive ketones (excluding diaryl/α,β-unsaturated/α-hetero) is 1. The average molecular weight is 466 g/mol. The zero-order valence-corrected chi connectivity index (χ0v) is 18.2. The number of tetrazole rings is 1. The van der Waals surface area contributed by atoms with Crippen LogP contribution in [0.25, 0.3) is 0 Å². The third-order valence-electron chi connectivity index (χ3n) is 5.20. The molecule has 1 aromatic heterocycles. The number of aromatic nitrogens is 4. The number of carbonyl (C=O) groups excluding carboxylic acids is 2. The van der Waals surface area contributed by atoms with E-state index in [9.17, 15) is 19.7 Å². The van der Waals surface area contributed by atoms with Gasteiger partial charge in [-0.15, -0.1) is 0 Å². The third kappa shape index (κ3) is 3.79. The van der Waals surface area contributed by atoms with Gasteiger partial charge < -0.3 is 19.5 Å². The molecule has 0 radical (unpaired) electrons. The number of esters is 1. The van der Waals surface area contributed by atoms with Crippen LogP contribution in [0.4, 0.5) is 11.6 Å². The summed E-state index contributed by atoms with van der Waals surface area (Å²) >= 11 is 0. The van der Waals surface area contributed by atoms with Crippen LogP contribution in [0.1, 0.15) is 22.0 Å². The molecule has 0 saturated carbocycles. The zero-order valence-electron chi connectivity index (χ0n) is 18.2. The van der Waals surface area contributed by atoms with Gasteiger partial charge in [0.25, 0.3) is 5.69 Å². The Morgan fingerprint density at radius 3 is 2.59 bits per heavy atom. The molecule has 34 heavy (non-hydrogen) atoms. The number of benzene rings is 2. The van der Waals surface area contributed by atoms with Crippen molar-refractivity contribution in [2.75, 3.05) is 26.6 Å². The third-order valence-corrected chi connectivity index (χ3v) is 5.20. The number of methoxy groups -OCH3 is 3. The smallest absolute Gasteiger partial charge is 0.355 e. The molecule has 0 unspecified atom stereocenters. The lowest BCUT2D eigenvalue weighted by Crippen LogP contribution is -2.33. The maximum Gasteiger partial charge on any atom is 0.355 e. The number of carbonyl (C=O) groups is 2. The highest BCUT2D eigenvalue weighted by molar-refractivity contribution is 6.15. The molecule has 13 nitrogen and oxygen atoms in total. The Labute approximate surface area is 192 Å². The van der Waals surface area contributed by atoms with Gasteiger partial charge >= 0.3 is 5.97 Å². The van der Waals surface area contributed by atoms with E-state index in [0.29, 0.717) is 17.1 Å². The van der Waals surface area contributed by atoms with Crippen LogP contribution < -0.4 is 14.8 Å². The number of fused-ring (bicyclic) bond motifs is 1. The van der Waals surface area contributed by atoms with E-state index in [1.165, 1.54) is 37.1 Å². The lowest BCUT2D eigenvalue weighted by Gasteiger charge is -2.29. The molecule has 0 amide bonds. The van der Waals surface area contributed by atoms with Gasteiger partial charge in [-0.3, -0.25) is 14.9 Å². The number of nitrogens with zero attached hydrogens (tertiary/aromatic N) is 5. The molecule has 4 rings (SSSR count). The van der Waals surface area contributed by atoms with E-state index in [1.807, 2.05) is 0 Å². The van der Waals surface area contributed by atoms with Gasteiger partial charge in [0.05, 0.1) is 31.8 Å². The molecule has 3 aromatic rings. The van der Waals surface area contributed by atoms with Crippen LogP contribution in [0.2, 0.25) is 0 Å². The summed E-state index contributed by atoms with van der Waals surface area (Å²) in [5, 5.41) is 25.5. The Morgan fingerprint density at radius 1 is 1.12 bits per heavy atom. The fraction of sp³-hybridized carbons (Fsp3) is 0.190. The van der Waals surface area contributed by atoms with Gasteiger partial charge in [0.1, 0.15) is 23.2 Å². The van der Waals surface area contributed by atoms with Crippen molar-refractivity contribution in [3.8, 4) is 11.5 Å². The van der Waals surface area contributed by atoms with Gasteiger partial charge in [0.2, 0.25) is 5.95 Å². The predicted molar refractivity (Wildman–Crippen MR) is 116 cm³/mol. The van der Waals surface area contributed by atoms with Crippen molar-refractivity contribution >= 4 is 23.4 Å². The number of rotatable bonds is 7. The van der Waals surface area contributed by atoms with Gasteiger partial charge in [0, 0.05) is 23.3 Å². The number of non-ortho nitro benzene ring substituents is 1. The van der Waals surface area contributed by atoms with Crippen LogP contribution in [0.3, 0.4) is 0 Å². The van der Waals surface area contributed by atoms with Crippen molar-refractivity contribution < 1.29 is 28.7 Å². The monoisotopic (exact) mass is 466 g/mol. The summed E-state index contributed by atoms with van der Waals surface area (Å²) in [6.07, 6.45) is 0. The SMILES string of the molecule is COC(=O)C1=C(C(=O)c2cccc([N+](=O)[O-])c2)[C@@H](c2cc(OC)ccc2OC)n2nnnc2N1. The first-order valence-corrected chi connectivity index (χ1v) is 9.78. The highest BCUT2D eigenvalue weighted by Gasteiger charge is 2.40. The Hall–Kier alpha value is -4.81. The molecule has 174 valence electrons. The maximum atomic E-state index is 13.8. The number of nitrogens with one attached hydrogen (secondary N) is 1. The Balaban J connectivity index is 2.00. The van der Waals surface area contributed by atoms with Crippen molar-refractivity contribution in [1.29, 1.82) is 0 Å². The molecule has 0 spiro atoms. The van der Waals surface area contributed by atoms with E-state index in [4.69, 9.17) is 14.2 Å². The lowest BCUT2D eigenvalue weighted by molar-refractivity contribution is -0.384. The summed E-state index contributed by atoms with van der Waals surface area (Å²) in [5.41, 5.74) is -0.203. The highest BCUT2D eigenvalue weighted by Crippen LogP contribution is 2.41. The van der Waals surface area contributed by atoms with Gasteiger partial charge in [0.15, 0.2) is 5.78 Å². The quantitative estimate of drug-likeness (QED) is 0.234. The number of anilines is 1. The lowest BCUT2D eigenvalue weighted by atomic mass is 9.88. The second-order valence-corrected chi connectivity index (χ2v) is 7.00. The molecule has 1 aliphatic heterocycles. The average Bonchev–Trinajstić information content (AvgIpc) is 3.34. The van der Waals surface area contributed by atoms with Crippen LogP contribution in [0.15, 0.2) is 53.7 Å². The molecule has 13 heteroatoms. The first kappa shape index (κ1) is 22.4. The van der Waals surface area contributed by atoms with E-state index in [2.05, 4.69) is 20.8 Å². The Morgan fingerprint density at radius 2 is 1.91 bits per heavy atom. The summed E-state index contributed by atoms with van der Waals surface area (Å²) in [6, 6.07) is 9.03. The normalized spacial score (nSPS) is 14.6. The summed E-state index contributed by atoms with van der Waals surface area (Å²) in [7, 11) is 4.08. The first-order chi connectivity index (χ1) is 16.4. The van der Waals surface area contributed by atoms with Gasteiger partial charge in [-0.1, -0.05) is 17.2 Å². The molecule has 2 aromatic carbocycles. The summed E-state index contributed by atoms with van der Waals surface area (Å²) in [4.78, 5) is 37.2. The number of allylic oxidation sites excluding steroid dienone is 1. The fourth-order valence-corrected chi connectivity index (χ4v) is 3.65. The highest BCUT2D eigenvalue weighted by atomic mass is 16.6. The Bertz CT molecular complexity index is 1330. The van der Waals surface area contributed by atoms with E-state index < -0.39 is 22.7 Å². The van der Waals surface area contributed by atoms with Crippen molar-refractivity contribution in [3.63, 3.8) is 0 Å². The maximum absolute atomic E-state index is 13.8. The minimum absolute atomic E-state index is 0.0178. The fourth-order valence-electron chi connectivity index (χ4n) is 3.65. The first-order valence-electron chi connectivity index (χ1n) is 9.78. The number of nitro benzene ring substituents is 1. The van der Waals surface area contributed by atoms with Crippen LogP contribution in [0, 0.1) is 10.1 Å². The van der Waals surface area contributed by atoms with Gasteiger partial charge in [-0.05, 0) is 28.6 Å². The van der Waals surface area contributed by atoms with Crippen molar-refractivity contribution in [2.24, 2.45) is 0 Å². The van der Waals surface area contributed by atoms with Crippen molar-refractivity contribution in [1.82, 2.24) is 20.2 Å². The molecule has 0 aliphatic carbocycles. The zero-order chi connectivity index (χ0) is 24.4. The number of hydrogen-bond donors (Lipinski definition) is 1. The number of ketones is 1. The van der Waals surface area contributed by atoms with Crippen LogP contribution in [-0.4, -0.2) is 58.2 Å². The largest absolute Gasteiger partial charge is 0.497 e. The Kier molecular flexibility index (Phi) is 5.91. The molecule has 2 heterocycles. The van der Waals surface area contributed by atoms with Gasteiger partial charge in [-0.2, -0.15) is 4.68 Å². The standard InChI is InChI=1S/C21H18N6O7/c1-32-13-7-8-15(33-2)14(10-13)18-16(19(28)11-5-4-6-12(9-11)27(30)31)17(20(29)34-3)22-21-23-24-25-26(18)21/h4-10,18H,1-3H3,(H,22,23,25)/t18-/m1/s1. The van der Waals surface area contributed by atoms with Gasteiger partial charge in [-0.25, -0.2) is 4.79 Å². The van der Waals surface area contributed by atoms with Crippen LogP contribution in [0.5, 0.6) is 11.5 Å². The topological polar surface area (TPSA) is 161 Å². The molecule has 0 fully saturated rings. The molecular weight excluding hydrogens is 448 g/mol. The molecule has 1 N–H and O–H groups in total. The molecule has 0 saturated heterocycles. The number of hydrogen-bond acceptors (Lipinski definition) is 11. The second kappa shape index (κ2) is 8.97. The van der Waals surface area contributed by atoms with E-state index in [1.54, 1.807) is 18.2 Å². The number of nitro groups is 1. The van der Waals surface area contributed by atoms with Crippen LogP contribution in [-0.2, 0) is 9.53 Å². The summed E-state index contributed by atoms with van der Waals surface area (Å²) < 4.78 is 17.0. The second-order valence-electron chi connectivity index (χ2n) is 7.00. The molecule has 0 bridgehead atoms. The summed E-state index contributed by atoms with van der Waals surface area (Å²) in [5.74, 6) is -0.637. The minimum atomic E-state index is -1.06. The van der Waals surface area contributed by atoms with Crippen LogP contribution >= 0.6 is 0 Å². The number of ether oxygens (including phenoxy) is 3. The van der Waals surface area contributed by atoms with E-state index in [0.717, 1.165) is 13.2 Å². The molecule has 1 atom stereocenters. The summed E-state index contributed by atoms with van der Waals surface area (Å²) in [6.45, 7) is 0. The van der Waals surface area contributed by atoms with Crippen molar-refractivity contribution in [2.45, 2.75) is 6.04 Å².